The molecule has 3 N–H and O–H groups in total. The highest BCUT2D eigenvalue weighted by molar-refractivity contribution is 5.74. The van der Waals surface area contributed by atoms with Gasteiger partial charge >= 0.3 is 12.0 Å². The number of carboxylic acids is 1. The Hall–Kier alpha value is -1.26. The summed E-state index contributed by atoms with van der Waals surface area (Å²) in [6.45, 7) is 8.88. The molecule has 5 heteroatoms. The molecule has 0 saturated heterocycles. The average Bonchev–Trinajstić information content (AvgIpc) is 2.39. The normalized spacial score (nSPS) is 12.5. The number of hydrogen-bond acceptors (Lipinski definition) is 2. The minimum absolute atomic E-state index is 0.126. The lowest BCUT2D eigenvalue weighted by Crippen LogP contribution is -2.42. The summed E-state index contributed by atoms with van der Waals surface area (Å²) in [5.74, 6) is 0.00729. The van der Waals surface area contributed by atoms with Crippen LogP contribution in [0.4, 0.5) is 4.79 Å². The first-order valence-electron chi connectivity index (χ1n) is 7.66. The maximum atomic E-state index is 11.7. The monoisotopic (exact) mass is 286 g/mol. The Labute approximate surface area is 122 Å². The van der Waals surface area contributed by atoms with Crippen LogP contribution in [-0.4, -0.2) is 29.7 Å². The molecule has 0 spiro atoms. The highest BCUT2D eigenvalue weighted by atomic mass is 16.4. The van der Waals surface area contributed by atoms with Crippen LogP contribution in [0.25, 0.3) is 0 Å². The summed E-state index contributed by atoms with van der Waals surface area (Å²) in [5, 5.41) is 14.5. The highest BCUT2D eigenvalue weighted by Crippen LogP contribution is 2.20. The molecule has 2 amide bonds. The van der Waals surface area contributed by atoms with E-state index in [-0.39, 0.29) is 18.5 Å². The summed E-state index contributed by atoms with van der Waals surface area (Å²) >= 11 is 0. The van der Waals surface area contributed by atoms with Crippen molar-refractivity contribution in [1.29, 1.82) is 0 Å². The topological polar surface area (TPSA) is 78.4 Å². The number of nitrogens with one attached hydrogen (secondary N) is 2. The summed E-state index contributed by atoms with van der Waals surface area (Å²) in [4.78, 5) is 22.3. The van der Waals surface area contributed by atoms with E-state index in [1.54, 1.807) is 0 Å². The smallest absolute Gasteiger partial charge is 0.315 e. The molecule has 0 aliphatic carbocycles. The van der Waals surface area contributed by atoms with Gasteiger partial charge < -0.3 is 15.7 Å². The molecule has 0 saturated carbocycles. The molecule has 0 rings (SSSR count). The van der Waals surface area contributed by atoms with Crippen molar-refractivity contribution < 1.29 is 14.7 Å². The predicted molar refractivity (Wildman–Crippen MR) is 80.7 cm³/mol. The summed E-state index contributed by atoms with van der Waals surface area (Å²) < 4.78 is 0. The van der Waals surface area contributed by atoms with Crippen molar-refractivity contribution in [2.45, 2.75) is 65.8 Å². The fraction of sp³-hybridized carbons (Fsp3) is 0.867. The molecule has 0 heterocycles. The number of hydrogen-bond donors (Lipinski definition) is 3. The zero-order valence-electron chi connectivity index (χ0n) is 13.2. The molecule has 20 heavy (non-hydrogen) atoms. The van der Waals surface area contributed by atoms with Crippen LogP contribution < -0.4 is 10.6 Å². The predicted octanol–water partition coefficient (Wildman–Crippen LogP) is 3.00. The van der Waals surface area contributed by atoms with Crippen LogP contribution in [0, 0.1) is 11.8 Å². The first-order valence-corrected chi connectivity index (χ1v) is 7.66. The van der Waals surface area contributed by atoms with Gasteiger partial charge in [0.05, 0.1) is 0 Å². The van der Waals surface area contributed by atoms with E-state index in [1.807, 2.05) is 0 Å². The molecule has 0 fully saturated rings. The fourth-order valence-corrected chi connectivity index (χ4v) is 2.22. The van der Waals surface area contributed by atoms with Gasteiger partial charge in [0.2, 0.25) is 0 Å². The Kier molecular flexibility index (Phi) is 9.86. The number of carbonyl (C=O) groups excluding carboxylic acids is 1. The molecule has 5 nitrogen and oxygen atoms in total. The quantitative estimate of drug-likeness (QED) is 0.577. The van der Waals surface area contributed by atoms with Crippen molar-refractivity contribution >= 4 is 12.0 Å². The minimum Gasteiger partial charge on any atom is -0.481 e. The van der Waals surface area contributed by atoms with Gasteiger partial charge in [-0.05, 0) is 37.5 Å². The average molecular weight is 286 g/mol. The Balaban J connectivity index is 3.98. The van der Waals surface area contributed by atoms with Gasteiger partial charge in [-0.1, -0.05) is 27.7 Å². The number of carboxylic acid groups (broad SMARTS) is 1. The Bertz CT molecular complexity index is 289. The molecule has 0 aromatic carbocycles. The second kappa shape index (κ2) is 10.5. The van der Waals surface area contributed by atoms with Crippen molar-refractivity contribution in [3.05, 3.63) is 0 Å². The van der Waals surface area contributed by atoms with E-state index in [0.717, 1.165) is 19.3 Å². The third-order valence-electron chi connectivity index (χ3n) is 3.79. The molecule has 0 aromatic rings. The zero-order valence-corrected chi connectivity index (χ0v) is 13.2. The third-order valence-corrected chi connectivity index (χ3v) is 3.79. The van der Waals surface area contributed by atoms with E-state index < -0.39 is 5.97 Å². The van der Waals surface area contributed by atoms with Gasteiger partial charge in [0, 0.05) is 19.0 Å². The van der Waals surface area contributed by atoms with Crippen molar-refractivity contribution in [2.75, 3.05) is 6.54 Å². The number of aliphatic carboxylic acids is 1. The largest absolute Gasteiger partial charge is 0.481 e. The maximum absolute atomic E-state index is 11.7. The summed E-state index contributed by atoms with van der Waals surface area (Å²) in [6, 6.07) is 0.0994. The molecule has 0 aliphatic heterocycles. The third kappa shape index (κ3) is 8.77. The Morgan fingerprint density at radius 1 is 1.10 bits per heavy atom. The number of rotatable bonds is 10. The lowest BCUT2D eigenvalue weighted by molar-refractivity contribution is -0.137. The maximum Gasteiger partial charge on any atom is 0.315 e. The van der Waals surface area contributed by atoms with Gasteiger partial charge in [0.25, 0.3) is 0 Å². The van der Waals surface area contributed by atoms with Crippen LogP contribution in [0.2, 0.25) is 0 Å². The molecular weight excluding hydrogens is 256 g/mol. The van der Waals surface area contributed by atoms with Crippen LogP contribution >= 0.6 is 0 Å². The lowest BCUT2D eigenvalue weighted by Gasteiger charge is -2.21. The number of urea groups is 1. The SMILES string of the molecule is CCC(CC)NC(=O)NCCC(CCC(=O)O)C(C)C. The first-order chi connectivity index (χ1) is 9.40. The van der Waals surface area contributed by atoms with E-state index in [0.29, 0.717) is 24.8 Å². The molecule has 0 aromatic heterocycles. The zero-order chi connectivity index (χ0) is 15.5. The van der Waals surface area contributed by atoms with E-state index in [1.165, 1.54) is 0 Å². The molecular formula is C15H30N2O3. The summed E-state index contributed by atoms with van der Waals surface area (Å²) in [5.41, 5.74) is 0. The van der Waals surface area contributed by atoms with Crippen LogP contribution in [-0.2, 0) is 4.79 Å². The Morgan fingerprint density at radius 3 is 2.15 bits per heavy atom. The van der Waals surface area contributed by atoms with Crippen LogP contribution in [0.1, 0.15) is 59.8 Å². The van der Waals surface area contributed by atoms with Gasteiger partial charge in [0.15, 0.2) is 0 Å². The van der Waals surface area contributed by atoms with E-state index in [4.69, 9.17) is 5.11 Å². The lowest BCUT2D eigenvalue weighted by atomic mass is 9.88. The van der Waals surface area contributed by atoms with Crippen molar-refractivity contribution in [1.82, 2.24) is 10.6 Å². The second-order valence-electron chi connectivity index (χ2n) is 5.64. The van der Waals surface area contributed by atoms with Crippen LogP contribution in [0.3, 0.4) is 0 Å². The van der Waals surface area contributed by atoms with Crippen LogP contribution in [0.15, 0.2) is 0 Å². The second-order valence-corrected chi connectivity index (χ2v) is 5.64. The molecule has 1 atom stereocenters. The van der Waals surface area contributed by atoms with E-state index >= 15 is 0 Å². The van der Waals surface area contributed by atoms with Gasteiger partial charge in [-0.2, -0.15) is 0 Å². The van der Waals surface area contributed by atoms with Gasteiger partial charge in [0.1, 0.15) is 0 Å². The van der Waals surface area contributed by atoms with E-state index in [9.17, 15) is 9.59 Å². The molecule has 1 unspecified atom stereocenters. The van der Waals surface area contributed by atoms with Gasteiger partial charge in [-0.25, -0.2) is 4.79 Å². The van der Waals surface area contributed by atoms with Crippen LogP contribution in [0.5, 0.6) is 0 Å². The van der Waals surface area contributed by atoms with Gasteiger partial charge in [-0.15, -0.1) is 0 Å². The summed E-state index contributed by atoms with van der Waals surface area (Å²) in [6.07, 6.45) is 3.54. The minimum atomic E-state index is -0.755. The summed E-state index contributed by atoms with van der Waals surface area (Å²) in [7, 11) is 0. The van der Waals surface area contributed by atoms with Crippen molar-refractivity contribution in [3.63, 3.8) is 0 Å². The van der Waals surface area contributed by atoms with Gasteiger partial charge in [-0.3, -0.25) is 4.79 Å². The number of amides is 2. The number of carbonyl (C=O) groups is 2. The highest BCUT2D eigenvalue weighted by Gasteiger charge is 2.15. The molecule has 0 aliphatic rings. The molecule has 118 valence electrons. The molecule has 0 bridgehead atoms. The van der Waals surface area contributed by atoms with E-state index in [2.05, 4.69) is 38.3 Å². The fourth-order valence-electron chi connectivity index (χ4n) is 2.22. The Morgan fingerprint density at radius 2 is 1.70 bits per heavy atom. The molecule has 0 radical (unpaired) electrons. The first kappa shape index (κ1) is 18.7. The van der Waals surface area contributed by atoms with Crippen molar-refractivity contribution in [3.8, 4) is 0 Å². The standard InChI is InChI=1S/C15H30N2O3/c1-5-13(6-2)17-15(20)16-10-9-12(11(3)4)7-8-14(18)19/h11-13H,5-10H2,1-4H3,(H,18,19)(H2,16,17,20). The van der Waals surface area contributed by atoms with Crippen molar-refractivity contribution in [2.24, 2.45) is 11.8 Å².